The number of H-pyrrole nitrogens is 1. The van der Waals surface area contributed by atoms with Gasteiger partial charge in [0.15, 0.2) is 0 Å². The molecule has 1 aromatic carbocycles. The van der Waals surface area contributed by atoms with Crippen molar-refractivity contribution < 1.29 is 4.79 Å². The quantitative estimate of drug-likeness (QED) is 0.830. The first-order valence-corrected chi connectivity index (χ1v) is 7.05. The summed E-state index contributed by atoms with van der Waals surface area (Å²) in [6.45, 7) is 6.11. The van der Waals surface area contributed by atoms with E-state index in [9.17, 15) is 14.4 Å². The molecule has 1 heterocycles. The van der Waals surface area contributed by atoms with Gasteiger partial charge < -0.3 is 14.9 Å². The van der Waals surface area contributed by atoms with Crippen molar-refractivity contribution >= 4 is 16.9 Å². The number of aryl methyl sites for hydroxylation is 1. The van der Waals surface area contributed by atoms with Crippen molar-refractivity contribution in [3.63, 3.8) is 0 Å². The van der Waals surface area contributed by atoms with Gasteiger partial charge in [-0.2, -0.15) is 0 Å². The smallest absolute Gasteiger partial charge is 0.316 e. The number of hydrogen-bond acceptors (Lipinski definition) is 3. The molecule has 2 aromatic rings. The molecule has 0 saturated carbocycles. The molecule has 1 amide bonds. The van der Waals surface area contributed by atoms with Gasteiger partial charge in [0.25, 0.3) is 5.91 Å². The maximum Gasteiger partial charge on any atom is 0.316 e. The molecule has 0 aliphatic heterocycles. The van der Waals surface area contributed by atoms with Gasteiger partial charge in [-0.05, 0) is 38.5 Å². The summed E-state index contributed by atoms with van der Waals surface area (Å²) in [7, 11) is 0. The Kier molecular flexibility index (Phi) is 4.26. The van der Waals surface area contributed by atoms with Crippen molar-refractivity contribution in [3.05, 3.63) is 44.5 Å². The Morgan fingerprint density at radius 1 is 1.33 bits per heavy atom. The summed E-state index contributed by atoms with van der Waals surface area (Å²) in [5, 5.41) is 2.87. The highest BCUT2D eigenvalue weighted by Crippen LogP contribution is 2.12. The summed E-state index contributed by atoms with van der Waals surface area (Å²) < 4.78 is 1.39. The van der Waals surface area contributed by atoms with Crippen LogP contribution in [0, 0.1) is 0 Å². The van der Waals surface area contributed by atoms with Crippen LogP contribution in [0.3, 0.4) is 0 Å². The molecule has 1 aromatic heterocycles. The molecular formula is C15H19N3O3. The molecule has 0 aliphatic rings. The lowest BCUT2D eigenvalue weighted by atomic mass is 10.1. The van der Waals surface area contributed by atoms with Gasteiger partial charge in [0.05, 0.1) is 11.0 Å². The van der Waals surface area contributed by atoms with Crippen LogP contribution in [0.15, 0.2) is 27.8 Å². The molecule has 0 aliphatic carbocycles. The SMILES string of the molecule is CC[C@H](C)NC(=O)c1ccc2c(c1)[nH]c(=O)c(=O)n2CC. The second-order valence-electron chi connectivity index (χ2n) is 5.02. The topological polar surface area (TPSA) is 84.0 Å². The summed E-state index contributed by atoms with van der Waals surface area (Å²) in [6.07, 6.45) is 0.839. The average molecular weight is 289 g/mol. The van der Waals surface area contributed by atoms with Gasteiger partial charge in [0, 0.05) is 18.2 Å². The summed E-state index contributed by atoms with van der Waals surface area (Å²) in [6, 6.07) is 5.02. The zero-order valence-corrected chi connectivity index (χ0v) is 12.4. The fraction of sp³-hybridized carbons (Fsp3) is 0.400. The number of carbonyl (C=O) groups excluding carboxylic acids is 1. The van der Waals surface area contributed by atoms with Gasteiger partial charge in [-0.3, -0.25) is 14.4 Å². The standard InChI is InChI=1S/C15H19N3O3/c1-4-9(3)16-13(19)10-6-7-12-11(8-10)17-14(20)15(21)18(12)5-2/h6-9H,4-5H2,1-3H3,(H,16,19)(H,17,20)/t9-/m0/s1. The Hall–Kier alpha value is -2.37. The third-order valence-corrected chi connectivity index (χ3v) is 3.54. The third-order valence-electron chi connectivity index (χ3n) is 3.54. The van der Waals surface area contributed by atoms with E-state index in [0.29, 0.717) is 23.1 Å². The molecule has 6 nitrogen and oxygen atoms in total. The normalized spacial score (nSPS) is 12.3. The number of nitrogens with one attached hydrogen (secondary N) is 2. The van der Waals surface area contributed by atoms with E-state index < -0.39 is 11.1 Å². The van der Waals surface area contributed by atoms with Gasteiger partial charge >= 0.3 is 11.1 Å². The Bertz CT molecular complexity index is 789. The number of benzene rings is 1. The third kappa shape index (κ3) is 2.89. The van der Waals surface area contributed by atoms with E-state index >= 15 is 0 Å². The van der Waals surface area contributed by atoms with Crippen molar-refractivity contribution in [2.75, 3.05) is 0 Å². The van der Waals surface area contributed by atoms with Crippen molar-refractivity contribution in [2.24, 2.45) is 0 Å². The first-order chi connectivity index (χ1) is 9.97. The maximum atomic E-state index is 12.1. The lowest BCUT2D eigenvalue weighted by molar-refractivity contribution is 0.0939. The van der Waals surface area contributed by atoms with Crippen molar-refractivity contribution in [1.82, 2.24) is 14.9 Å². The number of fused-ring (bicyclic) bond motifs is 1. The predicted molar refractivity (Wildman–Crippen MR) is 81.7 cm³/mol. The molecule has 0 bridgehead atoms. The molecule has 6 heteroatoms. The van der Waals surface area contributed by atoms with E-state index in [-0.39, 0.29) is 11.9 Å². The highest BCUT2D eigenvalue weighted by Gasteiger charge is 2.11. The zero-order valence-electron chi connectivity index (χ0n) is 12.4. The zero-order chi connectivity index (χ0) is 15.6. The first-order valence-electron chi connectivity index (χ1n) is 7.05. The fourth-order valence-electron chi connectivity index (χ4n) is 2.14. The lowest BCUT2D eigenvalue weighted by Crippen LogP contribution is -2.36. The predicted octanol–water partition coefficient (Wildman–Crippen LogP) is 1.24. The van der Waals surface area contributed by atoms with E-state index in [2.05, 4.69) is 10.3 Å². The molecule has 0 radical (unpaired) electrons. The largest absolute Gasteiger partial charge is 0.350 e. The molecule has 112 valence electrons. The van der Waals surface area contributed by atoms with Crippen molar-refractivity contribution in [3.8, 4) is 0 Å². The number of amides is 1. The molecule has 21 heavy (non-hydrogen) atoms. The molecule has 1 atom stereocenters. The van der Waals surface area contributed by atoms with Gasteiger partial charge in [0.2, 0.25) is 0 Å². The van der Waals surface area contributed by atoms with Crippen LogP contribution in [0.2, 0.25) is 0 Å². The second-order valence-corrected chi connectivity index (χ2v) is 5.02. The van der Waals surface area contributed by atoms with E-state index in [1.807, 2.05) is 13.8 Å². The molecule has 0 unspecified atom stereocenters. The minimum atomic E-state index is -0.677. The number of aromatic nitrogens is 2. The van der Waals surface area contributed by atoms with Crippen LogP contribution in [0.1, 0.15) is 37.6 Å². The number of rotatable bonds is 4. The van der Waals surface area contributed by atoms with Gasteiger partial charge in [0.1, 0.15) is 0 Å². The van der Waals surface area contributed by atoms with Crippen LogP contribution in [-0.4, -0.2) is 21.5 Å². The fourth-order valence-corrected chi connectivity index (χ4v) is 2.14. The first kappa shape index (κ1) is 15.0. The number of carbonyl (C=O) groups is 1. The van der Waals surface area contributed by atoms with Crippen molar-refractivity contribution in [1.29, 1.82) is 0 Å². The molecule has 0 spiro atoms. The summed E-state index contributed by atoms with van der Waals surface area (Å²) >= 11 is 0. The Morgan fingerprint density at radius 3 is 2.67 bits per heavy atom. The summed E-state index contributed by atoms with van der Waals surface area (Å²) in [5.41, 5.74) is 0.297. The number of hydrogen-bond donors (Lipinski definition) is 2. The Labute approximate surface area is 121 Å². The number of aromatic amines is 1. The van der Waals surface area contributed by atoms with E-state index in [1.165, 1.54) is 4.57 Å². The average Bonchev–Trinajstić information content (AvgIpc) is 2.48. The van der Waals surface area contributed by atoms with Crippen LogP contribution in [0.25, 0.3) is 11.0 Å². The Balaban J connectivity index is 2.52. The van der Waals surface area contributed by atoms with Crippen molar-refractivity contribution in [2.45, 2.75) is 39.8 Å². The van der Waals surface area contributed by atoms with Crippen LogP contribution in [0.4, 0.5) is 0 Å². The highest BCUT2D eigenvalue weighted by molar-refractivity contribution is 5.97. The van der Waals surface area contributed by atoms with Crippen LogP contribution >= 0.6 is 0 Å². The highest BCUT2D eigenvalue weighted by atomic mass is 16.2. The Morgan fingerprint density at radius 2 is 2.05 bits per heavy atom. The van der Waals surface area contributed by atoms with Crippen LogP contribution < -0.4 is 16.4 Å². The van der Waals surface area contributed by atoms with E-state index in [1.54, 1.807) is 25.1 Å². The summed E-state index contributed by atoms with van der Waals surface area (Å²) in [4.78, 5) is 38.0. The maximum absolute atomic E-state index is 12.1. The molecular weight excluding hydrogens is 270 g/mol. The van der Waals surface area contributed by atoms with Crippen LogP contribution in [-0.2, 0) is 6.54 Å². The van der Waals surface area contributed by atoms with Crippen LogP contribution in [0.5, 0.6) is 0 Å². The number of nitrogens with zero attached hydrogens (tertiary/aromatic N) is 1. The lowest BCUT2D eigenvalue weighted by Gasteiger charge is -2.12. The monoisotopic (exact) mass is 289 g/mol. The molecule has 2 N–H and O–H groups in total. The van der Waals surface area contributed by atoms with Gasteiger partial charge in [-0.25, -0.2) is 0 Å². The molecule has 2 rings (SSSR count). The second kappa shape index (κ2) is 5.95. The minimum Gasteiger partial charge on any atom is -0.350 e. The van der Waals surface area contributed by atoms with Gasteiger partial charge in [-0.1, -0.05) is 6.92 Å². The minimum absolute atomic E-state index is 0.0804. The van der Waals surface area contributed by atoms with E-state index in [0.717, 1.165) is 6.42 Å². The molecule has 0 fully saturated rings. The molecule has 0 saturated heterocycles. The van der Waals surface area contributed by atoms with Gasteiger partial charge in [-0.15, -0.1) is 0 Å². The summed E-state index contributed by atoms with van der Waals surface area (Å²) in [5.74, 6) is -0.193. The van der Waals surface area contributed by atoms with E-state index in [4.69, 9.17) is 0 Å².